The number of hydrogen-bond donors (Lipinski definition) is 1. The van der Waals surface area contributed by atoms with Gasteiger partial charge in [0.15, 0.2) is 17.3 Å². The number of Topliss-reactive ketones (excluding diaryl/α,β-unsaturated/α-hetero) is 1. The molecule has 0 saturated heterocycles. The van der Waals surface area contributed by atoms with Crippen LogP contribution in [0.5, 0.6) is 5.75 Å². The first kappa shape index (κ1) is 13.6. The number of benzene rings is 1. The van der Waals surface area contributed by atoms with E-state index in [0.29, 0.717) is 12.3 Å². The first-order valence-corrected chi connectivity index (χ1v) is 5.59. The molecule has 0 aliphatic carbocycles. The Hall–Kier alpha value is -1.42. The molecular formula is C13H18FNO2. The molecule has 0 aliphatic rings. The van der Waals surface area contributed by atoms with E-state index in [1.165, 1.54) is 19.2 Å². The summed E-state index contributed by atoms with van der Waals surface area (Å²) in [5, 5.41) is 0. The first-order chi connectivity index (χ1) is 7.97. The predicted octanol–water partition coefficient (Wildman–Crippen LogP) is 2.39. The molecule has 1 aromatic carbocycles. The number of ketones is 1. The fourth-order valence-electron chi connectivity index (χ4n) is 1.67. The molecule has 0 amide bonds. The minimum Gasteiger partial charge on any atom is -0.494 e. The van der Waals surface area contributed by atoms with Crippen LogP contribution in [0.3, 0.4) is 0 Å². The average Bonchev–Trinajstić information content (AvgIpc) is 2.27. The van der Waals surface area contributed by atoms with Gasteiger partial charge >= 0.3 is 0 Å². The van der Waals surface area contributed by atoms with Crippen LogP contribution >= 0.6 is 0 Å². The van der Waals surface area contributed by atoms with Crippen LogP contribution in [0.4, 0.5) is 4.39 Å². The number of ether oxygens (including phenoxy) is 1. The molecular weight excluding hydrogens is 221 g/mol. The second kappa shape index (κ2) is 5.77. The Balaban J connectivity index is 2.96. The highest BCUT2D eigenvalue weighted by molar-refractivity contribution is 6.00. The number of rotatable bonds is 5. The monoisotopic (exact) mass is 239 g/mol. The third kappa shape index (κ3) is 3.27. The SMILES string of the molecule is COc1cccc(C(=O)C(N)CC(C)C)c1F. The third-order valence-electron chi connectivity index (χ3n) is 2.51. The molecule has 1 aromatic rings. The van der Waals surface area contributed by atoms with Crippen molar-refractivity contribution in [2.24, 2.45) is 11.7 Å². The summed E-state index contributed by atoms with van der Waals surface area (Å²) in [6.45, 7) is 3.93. The highest BCUT2D eigenvalue weighted by Crippen LogP contribution is 2.21. The molecule has 1 unspecified atom stereocenters. The second-order valence-electron chi connectivity index (χ2n) is 4.42. The zero-order chi connectivity index (χ0) is 13.0. The maximum absolute atomic E-state index is 13.8. The summed E-state index contributed by atoms with van der Waals surface area (Å²) in [6.07, 6.45) is 0.537. The minimum atomic E-state index is -0.670. The van der Waals surface area contributed by atoms with Gasteiger partial charge < -0.3 is 10.5 Å². The molecule has 0 bridgehead atoms. The van der Waals surface area contributed by atoms with Gasteiger partial charge in [-0.25, -0.2) is 4.39 Å². The largest absolute Gasteiger partial charge is 0.494 e. The van der Waals surface area contributed by atoms with Gasteiger partial charge in [0.25, 0.3) is 0 Å². The van der Waals surface area contributed by atoms with E-state index in [9.17, 15) is 9.18 Å². The van der Waals surface area contributed by atoms with E-state index in [1.807, 2.05) is 13.8 Å². The molecule has 3 nitrogen and oxygen atoms in total. The first-order valence-electron chi connectivity index (χ1n) is 5.59. The molecule has 94 valence electrons. The molecule has 0 saturated carbocycles. The summed E-state index contributed by atoms with van der Waals surface area (Å²) in [6, 6.07) is 3.81. The van der Waals surface area contributed by atoms with Gasteiger partial charge in [-0.05, 0) is 24.5 Å². The molecule has 4 heteroatoms. The normalized spacial score (nSPS) is 12.6. The smallest absolute Gasteiger partial charge is 0.182 e. The van der Waals surface area contributed by atoms with E-state index in [-0.39, 0.29) is 17.1 Å². The third-order valence-corrected chi connectivity index (χ3v) is 2.51. The summed E-state index contributed by atoms with van der Waals surface area (Å²) < 4.78 is 18.6. The van der Waals surface area contributed by atoms with Gasteiger partial charge in [-0.2, -0.15) is 0 Å². The molecule has 0 spiro atoms. The zero-order valence-electron chi connectivity index (χ0n) is 10.4. The van der Waals surface area contributed by atoms with Crippen molar-refractivity contribution in [2.45, 2.75) is 26.3 Å². The Kier molecular flexibility index (Phi) is 4.63. The van der Waals surface area contributed by atoms with E-state index in [2.05, 4.69) is 0 Å². The van der Waals surface area contributed by atoms with Crippen LogP contribution in [-0.2, 0) is 0 Å². The Morgan fingerprint density at radius 2 is 2.12 bits per heavy atom. The number of hydrogen-bond acceptors (Lipinski definition) is 3. The molecule has 0 radical (unpaired) electrons. The lowest BCUT2D eigenvalue weighted by Crippen LogP contribution is -2.32. The highest BCUT2D eigenvalue weighted by Gasteiger charge is 2.21. The Morgan fingerprint density at radius 3 is 2.65 bits per heavy atom. The van der Waals surface area contributed by atoms with Crippen LogP contribution < -0.4 is 10.5 Å². The van der Waals surface area contributed by atoms with E-state index < -0.39 is 11.9 Å². The number of nitrogens with two attached hydrogens (primary N) is 1. The molecule has 0 aromatic heterocycles. The molecule has 1 atom stereocenters. The summed E-state index contributed by atoms with van der Waals surface area (Å²) >= 11 is 0. The molecule has 2 N–H and O–H groups in total. The summed E-state index contributed by atoms with van der Waals surface area (Å²) in [4.78, 5) is 11.9. The van der Waals surface area contributed by atoms with Crippen molar-refractivity contribution in [3.8, 4) is 5.75 Å². The summed E-state index contributed by atoms with van der Waals surface area (Å²) in [5.74, 6) is -0.662. The zero-order valence-corrected chi connectivity index (χ0v) is 10.4. The van der Waals surface area contributed by atoms with Crippen LogP contribution in [0.15, 0.2) is 18.2 Å². The molecule has 17 heavy (non-hydrogen) atoms. The van der Waals surface area contributed by atoms with Gasteiger partial charge in [0.2, 0.25) is 0 Å². The molecule has 0 heterocycles. The lowest BCUT2D eigenvalue weighted by Gasteiger charge is -2.14. The van der Waals surface area contributed by atoms with E-state index in [1.54, 1.807) is 6.07 Å². The number of carbonyl (C=O) groups is 1. The van der Waals surface area contributed by atoms with Crippen LogP contribution in [-0.4, -0.2) is 18.9 Å². The fraction of sp³-hybridized carbons (Fsp3) is 0.462. The maximum Gasteiger partial charge on any atom is 0.182 e. The second-order valence-corrected chi connectivity index (χ2v) is 4.42. The van der Waals surface area contributed by atoms with Crippen molar-refractivity contribution in [2.75, 3.05) is 7.11 Å². The number of carbonyl (C=O) groups excluding carboxylic acids is 1. The van der Waals surface area contributed by atoms with Crippen LogP contribution in [0.25, 0.3) is 0 Å². The molecule has 0 aliphatic heterocycles. The van der Waals surface area contributed by atoms with Gasteiger partial charge in [-0.3, -0.25) is 4.79 Å². The predicted molar refractivity (Wildman–Crippen MR) is 64.7 cm³/mol. The summed E-state index contributed by atoms with van der Waals surface area (Å²) in [5.41, 5.74) is 5.75. The van der Waals surface area contributed by atoms with Gasteiger partial charge in [0.05, 0.1) is 18.7 Å². The van der Waals surface area contributed by atoms with Crippen LogP contribution in [0.2, 0.25) is 0 Å². The van der Waals surface area contributed by atoms with E-state index in [0.717, 1.165) is 0 Å². The minimum absolute atomic E-state index is 0.00231. The molecule has 0 fully saturated rings. The standard InChI is InChI=1S/C13H18FNO2/c1-8(2)7-10(15)13(16)9-5-4-6-11(17-3)12(9)14/h4-6,8,10H,7,15H2,1-3H3. The Morgan fingerprint density at radius 1 is 1.47 bits per heavy atom. The van der Waals surface area contributed by atoms with Crippen LogP contribution in [0.1, 0.15) is 30.6 Å². The topological polar surface area (TPSA) is 52.3 Å². The van der Waals surface area contributed by atoms with Crippen molar-refractivity contribution in [1.82, 2.24) is 0 Å². The Labute approximate surface area is 101 Å². The Bertz CT molecular complexity index is 404. The average molecular weight is 239 g/mol. The van der Waals surface area contributed by atoms with Gasteiger partial charge in [0, 0.05) is 0 Å². The molecule has 1 rings (SSSR count). The van der Waals surface area contributed by atoms with Gasteiger partial charge in [-0.15, -0.1) is 0 Å². The van der Waals surface area contributed by atoms with Gasteiger partial charge in [0.1, 0.15) is 0 Å². The van der Waals surface area contributed by atoms with Crippen molar-refractivity contribution in [3.63, 3.8) is 0 Å². The maximum atomic E-state index is 13.8. The van der Waals surface area contributed by atoms with E-state index in [4.69, 9.17) is 10.5 Å². The number of methoxy groups -OCH3 is 1. The number of halogens is 1. The highest BCUT2D eigenvalue weighted by atomic mass is 19.1. The van der Waals surface area contributed by atoms with Crippen molar-refractivity contribution < 1.29 is 13.9 Å². The van der Waals surface area contributed by atoms with Crippen LogP contribution in [0, 0.1) is 11.7 Å². The van der Waals surface area contributed by atoms with Crippen molar-refractivity contribution >= 4 is 5.78 Å². The lowest BCUT2D eigenvalue weighted by atomic mass is 9.96. The lowest BCUT2D eigenvalue weighted by molar-refractivity contribution is 0.0946. The van der Waals surface area contributed by atoms with Gasteiger partial charge in [-0.1, -0.05) is 19.9 Å². The quantitative estimate of drug-likeness (QED) is 0.803. The van der Waals surface area contributed by atoms with Crippen molar-refractivity contribution in [1.29, 1.82) is 0 Å². The van der Waals surface area contributed by atoms with E-state index >= 15 is 0 Å². The van der Waals surface area contributed by atoms with Crippen molar-refractivity contribution in [3.05, 3.63) is 29.6 Å². The fourth-order valence-corrected chi connectivity index (χ4v) is 1.67. The summed E-state index contributed by atoms with van der Waals surface area (Å²) in [7, 11) is 1.36.